The number of hydrogen-bond donors (Lipinski definition) is 1. The second kappa shape index (κ2) is 10.8. The van der Waals surface area contributed by atoms with Crippen LogP contribution in [0.4, 0.5) is 10.1 Å². The van der Waals surface area contributed by atoms with E-state index < -0.39 is 17.3 Å². The highest BCUT2D eigenvalue weighted by Gasteiger charge is 2.18. The zero-order valence-corrected chi connectivity index (χ0v) is 22.8. The van der Waals surface area contributed by atoms with Gasteiger partial charge in [-0.25, -0.2) is 4.39 Å². The highest BCUT2D eigenvalue weighted by atomic mass is 127. The van der Waals surface area contributed by atoms with Crippen LogP contribution in [0.15, 0.2) is 119 Å². The van der Waals surface area contributed by atoms with Crippen LogP contribution in [0.2, 0.25) is 0 Å². The summed E-state index contributed by atoms with van der Waals surface area (Å²) in [5.74, 6) is 0.744. The van der Waals surface area contributed by atoms with Gasteiger partial charge in [-0.15, -0.1) is 0 Å². The first-order valence-electron chi connectivity index (χ1n) is 12.2. The smallest absolute Gasteiger partial charge is 0.269 e. The number of pyridine rings is 2. The van der Waals surface area contributed by atoms with Gasteiger partial charge in [0, 0.05) is 45.0 Å². The van der Waals surface area contributed by atoms with Crippen LogP contribution < -0.4 is 15.6 Å². The number of benzene rings is 3. The summed E-state index contributed by atoms with van der Waals surface area (Å²) in [6.07, 6.45) is 3.20. The molecule has 0 bridgehead atoms. The summed E-state index contributed by atoms with van der Waals surface area (Å²) in [5.41, 5.74) is 2.54. The van der Waals surface area contributed by atoms with Crippen molar-refractivity contribution < 1.29 is 18.3 Å². The third kappa shape index (κ3) is 5.10. The minimum absolute atomic E-state index is 0.0148. The van der Waals surface area contributed by atoms with Crippen LogP contribution in [0, 0.1) is 9.39 Å². The molecule has 0 aliphatic rings. The number of anilines is 1. The van der Waals surface area contributed by atoms with E-state index in [0.29, 0.717) is 43.3 Å². The molecule has 7 nitrogen and oxygen atoms in total. The molecule has 6 rings (SSSR count). The van der Waals surface area contributed by atoms with Gasteiger partial charge in [-0.3, -0.25) is 19.1 Å². The zero-order valence-electron chi connectivity index (χ0n) is 20.7. The Morgan fingerprint density at radius 2 is 1.70 bits per heavy atom. The fourth-order valence-electron chi connectivity index (χ4n) is 4.19. The van der Waals surface area contributed by atoms with Crippen LogP contribution in [0.1, 0.15) is 10.4 Å². The molecular weight excluding hydrogens is 624 g/mol. The quantitative estimate of drug-likeness (QED) is 0.191. The average Bonchev–Trinajstić information content (AvgIpc) is 3.41. The van der Waals surface area contributed by atoms with Crippen molar-refractivity contribution in [1.82, 2.24) is 9.55 Å². The molecular formula is C31H19FIN3O4. The predicted molar refractivity (Wildman–Crippen MR) is 159 cm³/mol. The van der Waals surface area contributed by atoms with Crippen molar-refractivity contribution in [3.8, 4) is 28.5 Å². The molecule has 3 aromatic heterocycles. The van der Waals surface area contributed by atoms with Crippen LogP contribution in [0.3, 0.4) is 0 Å². The highest BCUT2D eigenvalue weighted by molar-refractivity contribution is 14.1. The molecule has 3 heterocycles. The lowest BCUT2D eigenvalue weighted by Gasteiger charge is -2.11. The van der Waals surface area contributed by atoms with Crippen molar-refractivity contribution in [2.24, 2.45) is 0 Å². The van der Waals surface area contributed by atoms with E-state index in [2.05, 4.69) is 10.3 Å². The first-order chi connectivity index (χ1) is 19.5. The van der Waals surface area contributed by atoms with E-state index in [4.69, 9.17) is 9.15 Å². The molecule has 0 saturated heterocycles. The summed E-state index contributed by atoms with van der Waals surface area (Å²) >= 11 is 1.95. The molecule has 3 aromatic carbocycles. The number of fused-ring (bicyclic) bond motifs is 1. The number of carbonyl (C=O) groups is 1. The van der Waals surface area contributed by atoms with Crippen LogP contribution in [-0.2, 0) is 0 Å². The Balaban J connectivity index is 1.21. The van der Waals surface area contributed by atoms with Gasteiger partial charge in [-0.2, -0.15) is 0 Å². The second-order valence-electron chi connectivity index (χ2n) is 8.77. The monoisotopic (exact) mass is 643 g/mol. The zero-order chi connectivity index (χ0) is 27.6. The maximum atomic E-state index is 13.3. The standard InChI is InChI=1S/C31H19FIN3O4/c32-20-6-10-22(11-7-20)36-17-15-24(33)28(31(36)38)30(37)35-21-8-12-23(13-9-21)39-26-14-16-34-25-18-27(40-29(25)26)19-4-2-1-3-5-19/h1-18H,(H,35,37). The first kappa shape index (κ1) is 25.5. The maximum Gasteiger partial charge on any atom is 0.269 e. The molecule has 0 fully saturated rings. The van der Waals surface area contributed by atoms with Gasteiger partial charge >= 0.3 is 0 Å². The summed E-state index contributed by atoms with van der Waals surface area (Å²) in [5, 5.41) is 2.77. The largest absolute Gasteiger partial charge is 0.453 e. The van der Waals surface area contributed by atoms with Gasteiger partial charge in [-0.1, -0.05) is 30.3 Å². The number of ether oxygens (including phenoxy) is 1. The van der Waals surface area contributed by atoms with Crippen molar-refractivity contribution in [3.05, 3.63) is 135 Å². The normalized spacial score (nSPS) is 10.9. The average molecular weight is 643 g/mol. The van der Waals surface area contributed by atoms with E-state index in [1.165, 1.54) is 28.8 Å². The Hall–Kier alpha value is -4.77. The van der Waals surface area contributed by atoms with E-state index in [1.807, 2.05) is 59.0 Å². The van der Waals surface area contributed by atoms with E-state index in [9.17, 15) is 14.0 Å². The molecule has 0 radical (unpaired) electrons. The van der Waals surface area contributed by atoms with Gasteiger partial charge in [0.25, 0.3) is 11.5 Å². The minimum atomic E-state index is -0.556. The molecule has 6 aromatic rings. The molecule has 40 heavy (non-hydrogen) atoms. The molecule has 0 spiro atoms. The SMILES string of the molecule is O=C(Nc1ccc(Oc2ccnc3cc(-c4ccccc4)oc23)cc1)c1c(I)ccn(-c2ccc(F)cc2)c1=O. The molecule has 1 amide bonds. The fourth-order valence-corrected chi connectivity index (χ4v) is 4.83. The Bertz CT molecular complexity index is 1900. The Morgan fingerprint density at radius 1 is 0.950 bits per heavy atom. The van der Waals surface area contributed by atoms with Crippen LogP contribution >= 0.6 is 22.6 Å². The number of halogens is 2. The van der Waals surface area contributed by atoms with Gasteiger partial charge in [0.15, 0.2) is 11.3 Å². The first-order valence-corrected chi connectivity index (χ1v) is 13.2. The second-order valence-corrected chi connectivity index (χ2v) is 9.93. The Labute approximate surface area is 241 Å². The van der Waals surface area contributed by atoms with E-state index in [1.54, 1.807) is 48.8 Å². The number of carbonyl (C=O) groups excluding carboxylic acids is 1. The lowest BCUT2D eigenvalue weighted by Crippen LogP contribution is -2.29. The lowest BCUT2D eigenvalue weighted by atomic mass is 10.2. The summed E-state index contributed by atoms with van der Waals surface area (Å²) in [6.45, 7) is 0. The van der Waals surface area contributed by atoms with Crippen molar-refractivity contribution in [1.29, 1.82) is 0 Å². The lowest BCUT2D eigenvalue weighted by molar-refractivity contribution is 0.102. The summed E-state index contributed by atoms with van der Waals surface area (Å²) in [7, 11) is 0. The van der Waals surface area contributed by atoms with E-state index in [0.717, 1.165) is 5.56 Å². The van der Waals surface area contributed by atoms with Gasteiger partial charge < -0.3 is 14.5 Å². The Kier molecular flexibility index (Phi) is 6.87. The maximum absolute atomic E-state index is 13.3. The van der Waals surface area contributed by atoms with Crippen LogP contribution in [0.5, 0.6) is 11.5 Å². The molecule has 0 aliphatic carbocycles. The van der Waals surface area contributed by atoms with E-state index >= 15 is 0 Å². The van der Waals surface area contributed by atoms with Gasteiger partial charge in [0.2, 0.25) is 0 Å². The van der Waals surface area contributed by atoms with Crippen LogP contribution in [0.25, 0.3) is 28.1 Å². The minimum Gasteiger partial charge on any atom is -0.453 e. The van der Waals surface area contributed by atoms with Crippen molar-refractivity contribution >= 4 is 45.3 Å². The molecule has 0 saturated carbocycles. The summed E-state index contributed by atoms with van der Waals surface area (Å²) < 4.78 is 27.3. The van der Waals surface area contributed by atoms with Crippen molar-refractivity contribution in [2.75, 3.05) is 5.32 Å². The topological polar surface area (TPSA) is 86.4 Å². The summed E-state index contributed by atoms with van der Waals surface area (Å²) in [6, 6.07) is 27.2. The number of hydrogen-bond acceptors (Lipinski definition) is 5. The number of amides is 1. The number of nitrogens with one attached hydrogen (secondary N) is 1. The van der Waals surface area contributed by atoms with Crippen molar-refractivity contribution in [3.63, 3.8) is 0 Å². The molecule has 0 aliphatic heterocycles. The third-order valence-electron chi connectivity index (χ3n) is 6.15. The van der Waals surface area contributed by atoms with E-state index in [-0.39, 0.29) is 5.56 Å². The van der Waals surface area contributed by atoms with Gasteiger partial charge in [0.1, 0.15) is 28.4 Å². The number of nitrogens with zero attached hydrogens (tertiary/aromatic N) is 2. The number of aromatic nitrogens is 2. The van der Waals surface area contributed by atoms with Gasteiger partial charge in [-0.05, 0) is 77.2 Å². The predicted octanol–water partition coefficient (Wildman–Crippen LogP) is 7.43. The Morgan fingerprint density at radius 3 is 2.45 bits per heavy atom. The van der Waals surface area contributed by atoms with Crippen LogP contribution in [-0.4, -0.2) is 15.5 Å². The molecule has 9 heteroatoms. The van der Waals surface area contributed by atoms with Crippen molar-refractivity contribution in [2.45, 2.75) is 0 Å². The number of rotatable bonds is 6. The third-order valence-corrected chi connectivity index (χ3v) is 7.05. The van der Waals surface area contributed by atoms with Gasteiger partial charge in [0.05, 0.1) is 0 Å². The summed E-state index contributed by atoms with van der Waals surface area (Å²) in [4.78, 5) is 30.6. The molecule has 0 unspecified atom stereocenters. The molecule has 196 valence electrons. The fraction of sp³-hybridized carbons (Fsp3) is 0. The highest BCUT2D eigenvalue weighted by Crippen LogP contribution is 2.34. The number of furan rings is 1. The molecule has 1 N–H and O–H groups in total. The molecule has 0 atom stereocenters.